The first-order valence-electron chi connectivity index (χ1n) is 11.1. The van der Waals surface area contributed by atoms with Crippen molar-refractivity contribution in [1.29, 1.82) is 0 Å². The molecule has 0 fully saturated rings. The molecule has 0 aromatic heterocycles. The quantitative estimate of drug-likeness (QED) is 0.140. The number of nitrogens with two attached hydrogens (primary N) is 2. The molecule has 0 spiro atoms. The molecule has 196 valence electrons. The average molecular weight is 522 g/mol. The Morgan fingerprint density at radius 1 is 0.853 bits per heavy atom. The molecule has 0 rings (SSSR count). The van der Waals surface area contributed by atoms with Crippen LogP contribution in [-0.2, 0) is 24.0 Å². The van der Waals surface area contributed by atoms with E-state index < -0.39 is 53.8 Å². The predicted molar refractivity (Wildman–Crippen MR) is 135 cm³/mol. The van der Waals surface area contributed by atoms with Gasteiger partial charge in [-0.1, -0.05) is 20.3 Å². The van der Waals surface area contributed by atoms with E-state index in [1.165, 1.54) is 23.5 Å². The largest absolute Gasteiger partial charge is 0.480 e. The molecule has 0 radical (unpaired) electrons. The van der Waals surface area contributed by atoms with E-state index >= 15 is 0 Å². The van der Waals surface area contributed by atoms with Crippen LogP contribution in [-0.4, -0.2) is 82.9 Å². The molecule has 0 aliphatic rings. The average Bonchev–Trinajstić information content (AvgIpc) is 2.79. The molecule has 0 heterocycles. The molecule has 0 aromatic rings. The van der Waals surface area contributed by atoms with Crippen molar-refractivity contribution in [2.24, 2.45) is 17.4 Å². The number of carboxylic acids is 1. The summed E-state index contributed by atoms with van der Waals surface area (Å²) in [6.07, 6.45) is 4.82. The van der Waals surface area contributed by atoms with Crippen LogP contribution < -0.4 is 27.4 Å². The van der Waals surface area contributed by atoms with E-state index in [0.29, 0.717) is 24.3 Å². The maximum absolute atomic E-state index is 13.0. The number of primary amides is 1. The lowest BCUT2D eigenvalue weighted by atomic mass is 9.98. The van der Waals surface area contributed by atoms with Crippen LogP contribution in [0.4, 0.5) is 0 Å². The van der Waals surface area contributed by atoms with E-state index in [0.717, 1.165) is 0 Å². The summed E-state index contributed by atoms with van der Waals surface area (Å²) in [4.78, 5) is 60.9. The fourth-order valence-electron chi connectivity index (χ4n) is 2.93. The van der Waals surface area contributed by atoms with E-state index in [9.17, 15) is 29.1 Å². The Balaban J connectivity index is 5.43. The Morgan fingerprint density at radius 2 is 1.32 bits per heavy atom. The lowest BCUT2D eigenvalue weighted by Crippen LogP contribution is -2.58. The van der Waals surface area contributed by atoms with E-state index in [1.807, 2.05) is 19.4 Å². The number of hydrogen-bond donors (Lipinski definition) is 6. The Hall–Kier alpha value is -1.99. The minimum atomic E-state index is -1.15. The molecule has 5 atom stereocenters. The summed E-state index contributed by atoms with van der Waals surface area (Å²) in [5, 5.41) is 17.3. The van der Waals surface area contributed by atoms with Gasteiger partial charge < -0.3 is 32.5 Å². The van der Waals surface area contributed by atoms with Gasteiger partial charge in [0.25, 0.3) is 0 Å². The number of nitrogens with one attached hydrogen (secondary N) is 3. The predicted octanol–water partition coefficient (Wildman–Crippen LogP) is -0.329. The maximum atomic E-state index is 13.0. The number of hydrogen-bond acceptors (Lipinski definition) is 8. The molecule has 0 saturated heterocycles. The van der Waals surface area contributed by atoms with Crippen LogP contribution in [0.3, 0.4) is 0 Å². The van der Waals surface area contributed by atoms with Crippen LogP contribution in [0.15, 0.2) is 0 Å². The topological polar surface area (TPSA) is 194 Å². The fraction of sp³-hybridized carbons (Fsp3) is 0.762. The van der Waals surface area contributed by atoms with Gasteiger partial charge in [0.2, 0.25) is 23.6 Å². The first-order chi connectivity index (χ1) is 16.0. The summed E-state index contributed by atoms with van der Waals surface area (Å²) >= 11 is 2.96. The van der Waals surface area contributed by atoms with Gasteiger partial charge in [-0.05, 0) is 49.2 Å². The summed E-state index contributed by atoms with van der Waals surface area (Å²) in [7, 11) is 0. The van der Waals surface area contributed by atoms with Crippen molar-refractivity contribution in [3.63, 3.8) is 0 Å². The molecule has 0 aliphatic carbocycles. The molecule has 0 aliphatic heterocycles. The SMILES string of the molecule is CCC(C)C(NC(=O)C(CCSC)NC(=O)C(CCSC)NC(=O)C(N)CCC(N)=O)C(=O)O. The van der Waals surface area contributed by atoms with Crippen molar-refractivity contribution in [2.75, 3.05) is 24.0 Å². The molecule has 11 nitrogen and oxygen atoms in total. The molecule has 0 saturated carbocycles. The first-order valence-corrected chi connectivity index (χ1v) is 13.9. The van der Waals surface area contributed by atoms with Gasteiger partial charge in [-0.3, -0.25) is 19.2 Å². The van der Waals surface area contributed by atoms with E-state index in [4.69, 9.17) is 11.5 Å². The Labute approximate surface area is 209 Å². The van der Waals surface area contributed by atoms with Crippen LogP contribution in [0.2, 0.25) is 0 Å². The number of amides is 4. The number of carboxylic acid groups (broad SMARTS) is 1. The van der Waals surface area contributed by atoms with Crippen molar-refractivity contribution in [3.05, 3.63) is 0 Å². The monoisotopic (exact) mass is 521 g/mol. The number of carbonyl (C=O) groups is 5. The summed E-state index contributed by atoms with van der Waals surface area (Å²) in [6, 6.07) is -4.02. The van der Waals surface area contributed by atoms with Gasteiger partial charge >= 0.3 is 5.97 Å². The van der Waals surface area contributed by atoms with Gasteiger partial charge in [-0.25, -0.2) is 4.79 Å². The highest BCUT2D eigenvalue weighted by atomic mass is 32.2. The number of rotatable bonds is 18. The second-order valence-electron chi connectivity index (χ2n) is 8.01. The molecule has 5 unspecified atom stereocenters. The van der Waals surface area contributed by atoms with E-state index in [-0.39, 0.29) is 25.2 Å². The van der Waals surface area contributed by atoms with Gasteiger partial charge in [0, 0.05) is 6.42 Å². The lowest BCUT2D eigenvalue weighted by molar-refractivity contribution is -0.143. The van der Waals surface area contributed by atoms with Gasteiger partial charge in [0.1, 0.15) is 18.1 Å². The minimum absolute atomic E-state index is 0.0446. The van der Waals surface area contributed by atoms with Crippen molar-refractivity contribution < 1.29 is 29.1 Å². The van der Waals surface area contributed by atoms with Gasteiger partial charge in [-0.15, -0.1) is 0 Å². The highest BCUT2D eigenvalue weighted by molar-refractivity contribution is 7.98. The van der Waals surface area contributed by atoms with Crippen LogP contribution in [0, 0.1) is 5.92 Å². The van der Waals surface area contributed by atoms with Gasteiger partial charge in [-0.2, -0.15) is 23.5 Å². The third-order valence-corrected chi connectivity index (χ3v) is 6.59. The summed E-state index contributed by atoms with van der Waals surface area (Å²) in [5.74, 6) is -2.67. The Kier molecular flexibility index (Phi) is 16.4. The smallest absolute Gasteiger partial charge is 0.326 e. The van der Waals surface area contributed by atoms with Crippen LogP contribution in [0.1, 0.15) is 46.0 Å². The second-order valence-corrected chi connectivity index (χ2v) is 9.98. The molecule has 4 amide bonds. The number of carbonyl (C=O) groups excluding carboxylic acids is 4. The van der Waals surface area contributed by atoms with E-state index in [1.54, 1.807) is 6.92 Å². The van der Waals surface area contributed by atoms with Crippen molar-refractivity contribution >= 4 is 53.1 Å². The highest BCUT2D eigenvalue weighted by Crippen LogP contribution is 2.10. The first kappa shape index (κ1) is 32.0. The summed E-state index contributed by atoms with van der Waals surface area (Å²) < 4.78 is 0. The van der Waals surface area contributed by atoms with Gasteiger partial charge in [0.15, 0.2) is 0 Å². The molecular weight excluding hydrogens is 482 g/mol. The lowest BCUT2D eigenvalue weighted by Gasteiger charge is -2.26. The Morgan fingerprint density at radius 3 is 1.74 bits per heavy atom. The molecule has 0 bridgehead atoms. The maximum Gasteiger partial charge on any atom is 0.326 e. The standard InChI is InChI=1S/C21H39N5O6S2/c1-5-12(2)17(21(31)32)26-20(30)15(9-11-34-4)25-19(29)14(8-10-33-3)24-18(28)13(22)6-7-16(23)27/h12-15,17H,5-11,22H2,1-4H3,(H2,23,27)(H,24,28)(H,25,29)(H,26,30)(H,31,32). The fourth-order valence-corrected chi connectivity index (χ4v) is 3.87. The second kappa shape index (κ2) is 17.4. The molecule has 34 heavy (non-hydrogen) atoms. The number of aliphatic carboxylic acids is 1. The highest BCUT2D eigenvalue weighted by Gasteiger charge is 2.31. The molecule has 8 N–H and O–H groups in total. The van der Waals surface area contributed by atoms with Crippen molar-refractivity contribution in [2.45, 2.75) is 70.1 Å². The molecule has 13 heteroatoms. The third kappa shape index (κ3) is 12.5. The Bertz CT molecular complexity index is 697. The van der Waals surface area contributed by atoms with Crippen LogP contribution >= 0.6 is 23.5 Å². The molecule has 0 aromatic carbocycles. The zero-order valence-electron chi connectivity index (χ0n) is 20.3. The summed E-state index contributed by atoms with van der Waals surface area (Å²) in [6.45, 7) is 3.55. The zero-order valence-corrected chi connectivity index (χ0v) is 21.9. The zero-order chi connectivity index (χ0) is 26.3. The number of thioether (sulfide) groups is 2. The minimum Gasteiger partial charge on any atom is -0.480 e. The van der Waals surface area contributed by atoms with Crippen molar-refractivity contribution in [1.82, 2.24) is 16.0 Å². The van der Waals surface area contributed by atoms with Gasteiger partial charge in [0.05, 0.1) is 6.04 Å². The van der Waals surface area contributed by atoms with Crippen LogP contribution in [0.5, 0.6) is 0 Å². The third-order valence-electron chi connectivity index (χ3n) is 5.30. The van der Waals surface area contributed by atoms with Crippen LogP contribution in [0.25, 0.3) is 0 Å². The normalized spacial score (nSPS) is 15.3. The summed E-state index contributed by atoms with van der Waals surface area (Å²) in [5.41, 5.74) is 10.9. The van der Waals surface area contributed by atoms with Crippen molar-refractivity contribution in [3.8, 4) is 0 Å². The molecular formula is C21H39N5O6S2. The van der Waals surface area contributed by atoms with E-state index in [2.05, 4.69) is 16.0 Å².